The SMILES string of the molecule is CCN1CCCC1CNC(=O)c1cnn(C)c1N. The van der Waals surface area contributed by atoms with E-state index in [0.29, 0.717) is 24.0 Å². The van der Waals surface area contributed by atoms with E-state index in [9.17, 15) is 4.79 Å². The van der Waals surface area contributed by atoms with E-state index in [0.717, 1.165) is 19.5 Å². The summed E-state index contributed by atoms with van der Waals surface area (Å²) in [5, 5.41) is 6.91. The molecule has 6 nitrogen and oxygen atoms in total. The smallest absolute Gasteiger partial charge is 0.256 e. The molecule has 1 aliphatic heterocycles. The molecule has 1 aromatic rings. The number of nitrogens with zero attached hydrogens (tertiary/aromatic N) is 3. The minimum atomic E-state index is -0.136. The maximum Gasteiger partial charge on any atom is 0.256 e. The molecule has 0 saturated carbocycles. The van der Waals surface area contributed by atoms with Gasteiger partial charge in [-0.3, -0.25) is 14.4 Å². The fourth-order valence-corrected chi connectivity index (χ4v) is 2.47. The normalized spacial score (nSPS) is 20.2. The molecule has 1 fully saturated rings. The van der Waals surface area contributed by atoms with Crippen LogP contribution in [-0.2, 0) is 7.05 Å². The zero-order valence-corrected chi connectivity index (χ0v) is 11.0. The highest BCUT2D eigenvalue weighted by Crippen LogP contribution is 2.16. The van der Waals surface area contributed by atoms with Crippen LogP contribution in [0, 0.1) is 0 Å². The van der Waals surface area contributed by atoms with Crippen LogP contribution in [0.5, 0.6) is 0 Å². The molecule has 0 spiro atoms. The Morgan fingerprint density at radius 2 is 2.44 bits per heavy atom. The van der Waals surface area contributed by atoms with Gasteiger partial charge in [0.05, 0.1) is 6.20 Å². The summed E-state index contributed by atoms with van der Waals surface area (Å²) in [6, 6.07) is 0.455. The first-order valence-electron chi connectivity index (χ1n) is 6.43. The number of carbonyl (C=O) groups is 1. The first kappa shape index (κ1) is 12.9. The standard InChI is InChI=1S/C12H21N5O/c1-3-17-6-4-5-9(17)7-14-12(18)10-8-15-16(2)11(10)13/h8-9H,3-7,13H2,1-2H3,(H,14,18). The molecule has 2 rings (SSSR count). The number of hydrogen-bond acceptors (Lipinski definition) is 4. The molecule has 2 heterocycles. The van der Waals surface area contributed by atoms with Crippen molar-refractivity contribution in [3.05, 3.63) is 11.8 Å². The van der Waals surface area contributed by atoms with E-state index < -0.39 is 0 Å². The van der Waals surface area contributed by atoms with Gasteiger partial charge in [0.15, 0.2) is 0 Å². The van der Waals surface area contributed by atoms with Gasteiger partial charge in [-0.1, -0.05) is 6.92 Å². The highest BCUT2D eigenvalue weighted by Gasteiger charge is 2.24. The fourth-order valence-electron chi connectivity index (χ4n) is 2.47. The highest BCUT2D eigenvalue weighted by molar-refractivity contribution is 5.98. The van der Waals surface area contributed by atoms with Gasteiger partial charge in [0.1, 0.15) is 11.4 Å². The molecule has 1 unspecified atom stereocenters. The molecular weight excluding hydrogens is 230 g/mol. The Bertz CT molecular complexity index is 428. The second-order valence-corrected chi connectivity index (χ2v) is 4.70. The van der Waals surface area contributed by atoms with Gasteiger partial charge in [-0.15, -0.1) is 0 Å². The van der Waals surface area contributed by atoms with Crippen LogP contribution in [-0.4, -0.2) is 46.3 Å². The molecule has 1 aliphatic rings. The second kappa shape index (κ2) is 5.39. The Balaban J connectivity index is 1.90. The summed E-state index contributed by atoms with van der Waals surface area (Å²) in [4.78, 5) is 14.4. The molecule has 0 bridgehead atoms. The molecule has 0 radical (unpaired) electrons. The Morgan fingerprint density at radius 3 is 3.06 bits per heavy atom. The number of nitrogens with one attached hydrogen (secondary N) is 1. The largest absolute Gasteiger partial charge is 0.383 e. The lowest BCUT2D eigenvalue weighted by Gasteiger charge is -2.22. The maximum atomic E-state index is 12.0. The quantitative estimate of drug-likeness (QED) is 0.802. The van der Waals surface area contributed by atoms with Crippen LogP contribution in [0.1, 0.15) is 30.1 Å². The van der Waals surface area contributed by atoms with Crippen molar-refractivity contribution in [1.29, 1.82) is 0 Å². The van der Waals surface area contributed by atoms with Crippen molar-refractivity contribution in [2.45, 2.75) is 25.8 Å². The molecule has 6 heteroatoms. The van der Waals surface area contributed by atoms with E-state index in [1.165, 1.54) is 17.3 Å². The first-order valence-corrected chi connectivity index (χ1v) is 6.43. The van der Waals surface area contributed by atoms with Crippen molar-refractivity contribution in [3.8, 4) is 0 Å². The van der Waals surface area contributed by atoms with Crippen molar-refractivity contribution >= 4 is 11.7 Å². The van der Waals surface area contributed by atoms with Crippen LogP contribution in [0.15, 0.2) is 6.20 Å². The number of carbonyl (C=O) groups excluding carboxylic acids is 1. The molecule has 1 aromatic heterocycles. The lowest BCUT2D eigenvalue weighted by molar-refractivity contribution is 0.0942. The first-order chi connectivity index (χ1) is 8.63. The molecule has 3 N–H and O–H groups in total. The third-order valence-electron chi connectivity index (χ3n) is 3.63. The van der Waals surface area contributed by atoms with Gasteiger partial charge < -0.3 is 11.1 Å². The summed E-state index contributed by atoms with van der Waals surface area (Å²) in [6.07, 6.45) is 3.87. The second-order valence-electron chi connectivity index (χ2n) is 4.70. The molecule has 18 heavy (non-hydrogen) atoms. The van der Waals surface area contributed by atoms with Crippen LogP contribution >= 0.6 is 0 Å². The minimum absolute atomic E-state index is 0.136. The number of rotatable bonds is 4. The minimum Gasteiger partial charge on any atom is -0.383 e. The van der Waals surface area contributed by atoms with Gasteiger partial charge in [-0.05, 0) is 25.9 Å². The average Bonchev–Trinajstić information content (AvgIpc) is 2.94. The van der Waals surface area contributed by atoms with Gasteiger partial charge in [-0.2, -0.15) is 5.10 Å². The van der Waals surface area contributed by atoms with Crippen LogP contribution < -0.4 is 11.1 Å². The van der Waals surface area contributed by atoms with Gasteiger partial charge in [0, 0.05) is 19.6 Å². The van der Waals surface area contributed by atoms with E-state index in [1.807, 2.05) is 0 Å². The predicted octanol–water partition coefficient (Wildman–Crippen LogP) is 0.216. The third-order valence-corrected chi connectivity index (χ3v) is 3.63. The number of anilines is 1. The van der Waals surface area contributed by atoms with E-state index in [1.54, 1.807) is 7.05 Å². The van der Waals surface area contributed by atoms with Crippen molar-refractivity contribution < 1.29 is 4.79 Å². The zero-order chi connectivity index (χ0) is 13.1. The van der Waals surface area contributed by atoms with Crippen LogP contribution in [0.2, 0.25) is 0 Å². The van der Waals surface area contributed by atoms with Gasteiger partial charge >= 0.3 is 0 Å². The predicted molar refractivity (Wildman–Crippen MR) is 70.2 cm³/mol. The van der Waals surface area contributed by atoms with Gasteiger partial charge in [-0.25, -0.2) is 0 Å². The lowest BCUT2D eigenvalue weighted by Crippen LogP contribution is -2.40. The zero-order valence-electron chi connectivity index (χ0n) is 11.0. The summed E-state index contributed by atoms with van der Waals surface area (Å²) < 4.78 is 1.50. The number of nitrogen functional groups attached to an aromatic ring is 1. The highest BCUT2D eigenvalue weighted by atomic mass is 16.1. The lowest BCUT2D eigenvalue weighted by atomic mass is 10.2. The molecular formula is C12H21N5O. The number of likely N-dealkylation sites (N-methyl/N-ethyl adjacent to an activating group) is 1. The molecule has 0 aliphatic carbocycles. The van der Waals surface area contributed by atoms with Crippen LogP contribution in [0.3, 0.4) is 0 Å². The number of likely N-dealkylation sites (tertiary alicyclic amines) is 1. The van der Waals surface area contributed by atoms with E-state index in [-0.39, 0.29) is 5.91 Å². The monoisotopic (exact) mass is 251 g/mol. The van der Waals surface area contributed by atoms with Crippen molar-refractivity contribution in [2.24, 2.45) is 7.05 Å². The van der Waals surface area contributed by atoms with E-state index in [4.69, 9.17) is 5.73 Å². The third kappa shape index (κ3) is 2.48. The summed E-state index contributed by atoms with van der Waals surface area (Å²) in [6.45, 7) is 5.00. The van der Waals surface area contributed by atoms with Crippen molar-refractivity contribution in [2.75, 3.05) is 25.4 Å². The number of aryl methyl sites for hydroxylation is 1. The Kier molecular flexibility index (Phi) is 3.86. The van der Waals surface area contributed by atoms with Crippen molar-refractivity contribution in [3.63, 3.8) is 0 Å². The van der Waals surface area contributed by atoms with Gasteiger partial charge in [0.2, 0.25) is 0 Å². The maximum absolute atomic E-state index is 12.0. The van der Waals surface area contributed by atoms with E-state index in [2.05, 4.69) is 22.2 Å². The molecule has 1 saturated heterocycles. The molecule has 1 amide bonds. The van der Waals surface area contributed by atoms with Gasteiger partial charge in [0.25, 0.3) is 5.91 Å². The summed E-state index contributed by atoms with van der Waals surface area (Å²) in [5.41, 5.74) is 6.23. The van der Waals surface area contributed by atoms with E-state index >= 15 is 0 Å². The van der Waals surface area contributed by atoms with Crippen LogP contribution in [0.25, 0.3) is 0 Å². The topological polar surface area (TPSA) is 76.2 Å². The summed E-state index contributed by atoms with van der Waals surface area (Å²) in [7, 11) is 1.72. The summed E-state index contributed by atoms with van der Waals surface area (Å²) in [5.74, 6) is 0.273. The Labute approximate surface area is 107 Å². The average molecular weight is 251 g/mol. The van der Waals surface area contributed by atoms with Crippen LogP contribution in [0.4, 0.5) is 5.82 Å². The number of aromatic nitrogens is 2. The summed E-state index contributed by atoms with van der Waals surface area (Å²) >= 11 is 0. The number of hydrogen-bond donors (Lipinski definition) is 2. The number of nitrogens with two attached hydrogens (primary N) is 1. The molecule has 0 aromatic carbocycles. The molecule has 1 atom stereocenters. The fraction of sp³-hybridized carbons (Fsp3) is 0.667. The molecule has 100 valence electrons. The Morgan fingerprint density at radius 1 is 1.67 bits per heavy atom. The van der Waals surface area contributed by atoms with Crippen molar-refractivity contribution in [1.82, 2.24) is 20.0 Å². The number of amides is 1. The Hall–Kier alpha value is -1.56.